The molecule has 4 rings (SSSR count). The Bertz CT molecular complexity index is 1200. The SMILES string of the molecule is Cn1nnnc1SCC1=C(C(=O)O)N2C(=O)[C@@H](NC(=O)C(NC(N)=O)c3ccc(Cl)s3)C2SC1. The summed E-state index contributed by atoms with van der Waals surface area (Å²) >= 11 is 9.60. The lowest BCUT2D eigenvalue weighted by atomic mass is 10.0. The molecule has 5 N–H and O–H groups in total. The Morgan fingerprint density at radius 2 is 2.18 bits per heavy atom. The molecular formula is C17H17ClN8O5S3. The van der Waals surface area contributed by atoms with Gasteiger partial charge >= 0.3 is 12.0 Å². The van der Waals surface area contributed by atoms with Crippen LogP contribution in [0.5, 0.6) is 0 Å². The van der Waals surface area contributed by atoms with E-state index >= 15 is 0 Å². The van der Waals surface area contributed by atoms with Crippen molar-refractivity contribution in [3.63, 3.8) is 0 Å². The Kier molecular flexibility index (Phi) is 7.01. The van der Waals surface area contributed by atoms with Crippen LogP contribution in [-0.4, -0.2) is 76.9 Å². The molecule has 17 heteroatoms. The molecule has 0 bridgehead atoms. The third kappa shape index (κ3) is 4.70. The quantitative estimate of drug-likeness (QED) is 0.263. The molecule has 2 aliphatic heterocycles. The van der Waals surface area contributed by atoms with Crippen molar-refractivity contribution in [1.82, 2.24) is 35.7 Å². The number of thiophene rings is 1. The predicted molar refractivity (Wildman–Crippen MR) is 124 cm³/mol. The van der Waals surface area contributed by atoms with Crippen LogP contribution in [-0.2, 0) is 21.4 Å². The minimum absolute atomic E-state index is 0.112. The maximum atomic E-state index is 12.9. The molecule has 4 amide bonds. The fraction of sp³-hybridized carbons (Fsp3) is 0.353. The molecule has 2 aromatic heterocycles. The largest absolute Gasteiger partial charge is 0.477 e. The van der Waals surface area contributed by atoms with Crippen LogP contribution < -0.4 is 16.4 Å². The van der Waals surface area contributed by atoms with Crippen LogP contribution in [0.15, 0.2) is 28.6 Å². The van der Waals surface area contributed by atoms with Gasteiger partial charge in [-0.1, -0.05) is 23.4 Å². The second-order valence-corrected chi connectivity index (χ2v) is 10.9. The number of hydrogen-bond acceptors (Lipinski definition) is 10. The Hall–Kier alpha value is -2.82. The van der Waals surface area contributed by atoms with E-state index in [0.717, 1.165) is 11.3 Å². The summed E-state index contributed by atoms with van der Waals surface area (Å²) in [7, 11) is 1.66. The smallest absolute Gasteiger partial charge is 0.352 e. The van der Waals surface area contributed by atoms with Crippen molar-refractivity contribution >= 4 is 70.3 Å². The molecule has 0 aromatic carbocycles. The van der Waals surface area contributed by atoms with Crippen LogP contribution in [0.1, 0.15) is 10.9 Å². The highest BCUT2D eigenvalue weighted by molar-refractivity contribution is 8.01. The number of tetrazole rings is 1. The zero-order chi connectivity index (χ0) is 24.6. The Morgan fingerprint density at radius 3 is 2.76 bits per heavy atom. The maximum absolute atomic E-state index is 12.9. The second kappa shape index (κ2) is 9.81. The van der Waals surface area contributed by atoms with Gasteiger partial charge in [0.2, 0.25) is 11.1 Å². The highest BCUT2D eigenvalue weighted by atomic mass is 35.5. The van der Waals surface area contributed by atoms with E-state index in [2.05, 4.69) is 26.2 Å². The van der Waals surface area contributed by atoms with Crippen molar-refractivity contribution in [1.29, 1.82) is 0 Å². The molecule has 2 aliphatic rings. The number of carbonyl (C=O) groups excluding carboxylic acids is 3. The third-order valence-corrected chi connectivity index (χ3v) is 8.66. The number of nitrogens with zero attached hydrogens (tertiary/aromatic N) is 5. The average Bonchev–Trinajstić information content (AvgIpc) is 3.40. The van der Waals surface area contributed by atoms with Gasteiger partial charge in [0.05, 0.1) is 4.34 Å². The summed E-state index contributed by atoms with van der Waals surface area (Å²) in [4.78, 5) is 50.8. The van der Waals surface area contributed by atoms with E-state index in [1.807, 2.05) is 0 Å². The van der Waals surface area contributed by atoms with E-state index in [9.17, 15) is 24.3 Å². The molecule has 3 atom stereocenters. The van der Waals surface area contributed by atoms with E-state index in [4.69, 9.17) is 17.3 Å². The molecule has 0 aliphatic carbocycles. The first kappa shape index (κ1) is 24.3. The summed E-state index contributed by atoms with van der Waals surface area (Å²) in [5.74, 6) is -1.85. The number of thioether (sulfide) groups is 2. The van der Waals surface area contributed by atoms with Gasteiger partial charge in [-0.2, -0.15) is 0 Å². The van der Waals surface area contributed by atoms with Crippen LogP contribution in [0.25, 0.3) is 0 Å². The molecule has 0 radical (unpaired) electrons. The van der Waals surface area contributed by atoms with Gasteiger partial charge < -0.3 is 21.5 Å². The number of carboxylic acid groups (broad SMARTS) is 1. The number of aromatic nitrogens is 4. The molecule has 0 spiro atoms. The molecule has 13 nitrogen and oxygen atoms in total. The van der Waals surface area contributed by atoms with Crippen molar-refractivity contribution < 1.29 is 24.3 Å². The van der Waals surface area contributed by atoms with E-state index in [0.29, 0.717) is 25.7 Å². The monoisotopic (exact) mass is 544 g/mol. The lowest BCUT2D eigenvalue weighted by molar-refractivity contribution is -0.150. The lowest BCUT2D eigenvalue weighted by Gasteiger charge is -2.49. The number of aryl methyl sites for hydroxylation is 1. The number of fused-ring (bicyclic) bond motifs is 1. The van der Waals surface area contributed by atoms with Gasteiger partial charge in [-0.15, -0.1) is 28.2 Å². The maximum Gasteiger partial charge on any atom is 0.352 e. The molecule has 1 fully saturated rings. The van der Waals surface area contributed by atoms with Crippen molar-refractivity contribution in [2.75, 3.05) is 11.5 Å². The highest BCUT2D eigenvalue weighted by Gasteiger charge is 2.54. The number of nitrogens with one attached hydrogen (secondary N) is 2. The minimum atomic E-state index is -1.24. The van der Waals surface area contributed by atoms with E-state index in [-0.39, 0.29) is 11.4 Å². The van der Waals surface area contributed by atoms with Crippen LogP contribution in [0, 0.1) is 0 Å². The van der Waals surface area contributed by atoms with Gasteiger partial charge in [0, 0.05) is 23.4 Å². The van der Waals surface area contributed by atoms with Crippen molar-refractivity contribution in [3.05, 3.63) is 32.6 Å². The van der Waals surface area contributed by atoms with Gasteiger partial charge in [-0.25, -0.2) is 14.3 Å². The number of hydrogen-bond donors (Lipinski definition) is 4. The minimum Gasteiger partial charge on any atom is -0.477 e. The van der Waals surface area contributed by atoms with Gasteiger partial charge in [0.25, 0.3) is 5.91 Å². The first-order valence-corrected chi connectivity index (χ1v) is 12.8. The van der Waals surface area contributed by atoms with Crippen molar-refractivity contribution in [2.45, 2.75) is 22.6 Å². The van der Waals surface area contributed by atoms with E-state index in [1.165, 1.54) is 33.1 Å². The van der Waals surface area contributed by atoms with Crippen molar-refractivity contribution in [3.8, 4) is 0 Å². The van der Waals surface area contributed by atoms with Crippen LogP contribution in [0.4, 0.5) is 4.79 Å². The van der Waals surface area contributed by atoms with Crippen molar-refractivity contribution in [2.24, 2.45) is 12.8 Å². The lowest BCUT2D eigenvalue weighted by Crippen LogP contribution is -2.71. The van der Waals surface area contributed by atoms with Crippen LogP contribution in [0.3, 0.4) is 0 Å². The second-order valence-electron chi connectivity index (χ2n) is 7.11. The normalized spacial score (nSPS) is 20.4. The molecule has 1 saturated heterocycles. The number of rotatable bonds is 8. The average molecular weight is 545 g/mol. The number of β-lactam (4-membered cyclic amide) rings is 1. The number of aliphatic carboxylic acids is 1. The third-order valence-electron chi connectivity index (χ3n) is 4.93. The van der Waals surface area contributed by atoms with Gasteiger partial charge in [0.1, 0.15) is 23.2 Å². The summed E-state index contributed by atoms with van der Waals surface area (Å²) in [5, 5.41) is 25.8. The summed E-state index contributed by atoms with van der Waals surface area (Å²) in [6.07, 6.45) is 0. The molecule has 4 heterocycles. The number of carbonyl (C=O) groups is 4. The zero-order valence-electron chi connectivity index (χ0n) is 17.3. The number of urea groups is 1. The topological polar surface area (TPSA) is 185 Å². The molecule has 0 saturated carbocycles. The van der Waals surface area contributed by atoms with Gasteiger partial charge in [0.15, 0.2) is 0 Å². The number of carboxylic acids is 1. The van der Waals surface area contributed by atoms with Crippen LogP contribution in [0.2, 0.25) is 4.34 Å². The van der Waals surface area contributed by atoms with Gasteiger partial charge in [-0.05, 0) is 28.1 Å². The highest BCUT2D eigenvalue weighted by Crippen LogP contribution is 2.41. The first-order valence-electron chi connectivity index (χ1n) is 9.54. The standard InChI is InChI=1S/C17H17ClN8O5S3/c1-25-17(22-23-24-25)33-5-6-4-32-14-10(13(28)26(14)11(6)15(29)30)20-12(27)9(21-16(19)31)7-2-3-8(18)34-7/h2-3,9-10,14H,4-5H2,1H3,(H,20,27)(H,29,30)(H3,19,21,31)/t9?,10-,14?/m1/s1. The van der Waals surface area contributed by atoms with E-state index < -0.39 is 41.3 Å². The van der Waals surface area contributed by atoms with Gasteiger partial charge in [-0.3, -0.25) is 14.5 Å². The molecule has 2 aromatic rings. The molecule has 34 heavy (non-hydrogen) atoms. The summed E-state index contributed by atoms with van der Waals surface area (Å²) in [6, 6.07) is 0.107. The molecule has 180 valence electrons. The molecule has 2 unspecified atom stereocenters. The van der Waals surface area contributed by atoms with E-state index in [1.54, 1.807) is 19.2 Å². The fourth-order valence-electron chi connectivity index (χ4n) is 3.42. The first-order chi connectivity index (χ1) is 16.2. The van der Waals surface area contributed by atoms with Crippen LogP contribution >= 0.6 is 46.5 Å². The Balaban J connectivity index is 1.49. The predicted octanol–water partition coefficient (Wildman–Crippen LogP) is 0.165. The molecular weight excluding hydrogens is 528 g/mol. The Morgan fingerprint density at radius 1 is 1.41 bits per heavy atom. The number of primary amides is 1. The number of nitrogens with two attached hydrogens (primary N) is 1. The number of halogens is 1. The fourth-order valence-corrected chi connectivity index (χ4v) is 6.86. The summed E-state index contributed by atoms with van der Waals surface area (Å²) < 4.78 is 1.87. The Labute approximate surface area is 209 Å². The summed E-state index contributed by atoms with van der Waals surface area (Å²) in [5.41, 5.74) is 5.63. The number of amides is 4. The zero-order valence-corrected chi connectivity index (χ0v) is 20.5. The summed E-state index contributed by atoms with van der Waals surface area (Å²) in [6.45, 7) is 0.